The van der Waals surface area contributed by atoms with Gasteiger partial charge in [-0.1, -0.05) is 12.1 Å². The summed E-state index contributed by atoms with van der Waals surface area (Å²) in [6.45, 7) is 3.74. The van der Waals surface area contributed by atoms with E-state index >= 15 is 0 Å². The van der Waals surface area contributed by atoms with E-state index in [1.807, 2.05) is 0 Å². The number of hydrogen-bond donors (Lipinski definition) is 0. The maximum absolute atomic E-state index is 11.5. The Kier molecular flexibility index (Phi) is 7.34. The molecular weight excluding hydrogens is 288 g/mol. The molecule has 0 fully saturated rings. The Bertz CT molecular complexity index is 552. The first-order valence-corrected chi connectivity index (χ1v) is 6.76. The molecular formula is C16H18O6. The fourth-order valence-electron chi connectivity index (χ4n) is 1.50. The highest BCUT2D eigenvalue weighted by atomic mass is 16.7. The Morgan fingerprint density at radius 3 is 2.27 bits per heavy atom. The van der Waals surface area contributed by atoms with Crippen LogP contribution < -0.4 is 4.74 Å². The van der Waals surface area contributed by atoms with E-state index in [2.05, 4.69) is 11.8 Å². The van der Waals surface area contributed by atoms with E-state index < -0.39 is 18.2 Å². The van der Waals surface area contributed by atoms with Crippen molar-refractivity contribution >= 4 is 12.1 Å². The van der Waals surface area contributed by atoms with E-state index in [1.54, 1.807) is 45.2 Å². The van der Waals surface area contributed by atoms with Gasteiger partial charge in [-0.05, 0) is 31.9 Å². The number of benzene rings is 1. The Morgan fingerprint density at radius 2 is 1.73 bits per heavy atom. The molecule has 0 bridgehead atoms. The molecule has 0 N–H and O–H groups in total. The monoisotopic (exact) mass is 306 g/mol. The molecule has 0 aliphatic heterocycles. The molecule has 1 atom stereocenters. The van der Waals surface area contributed by atoms with E-state index in [0.717, 1.165) is 0 Å². The lowest BCUT2D eigenvalue weighted by Crippen LogP contribution is -2.12. The molecule has 0 aliphatic carbocycles. The summed E-state index contributed by atoms with van der Waals surface area (Å²) in [5.74, 6) is 4.81. The van der Waals surface area contributed by atoms with Crippen molar-refractivity contribution in [2.45, 2.75) is 20.0 Å². The van der Waals surface area contributed by atoms with E-state index in [4.69, 9.17) is 18.9 Å². The Labute approximate surface area is 129 Å². The molecule has 0 spiro atoms. The van der Waals surface area contributed by atoms with Crippen molar-refractivity contribution in [2.75, 3.05) is 20.3 Å². The number of carbonyl (C=O) groups is 2. The average molecular weight is 306 g/mol. The number of methoxy groups -OCH3 is 1. The van der Waals surface area contributed by atoms with Gasteiger partial charge in [-0.25, -0.2) is 9.59 Å². The van der Waals surface area contributed by atoms with Crippen LogP contribution in [0.25, 0.3) is 0 Å². The summed E-state index contributed by atoms with van der Waals surface area (Å²) < 4.78 is 19.6. The maximum Gasteiger partial charge on any atom is 0.509 e. The largest absolute Gasteiger partial charge is 0.509 e. The van der Waals surface area contributed by atoms with Crippen molar-refractivity contribution in [3.05, 3.63) is 29.8 Å². The first-order valence-electron chi connectivity index (χ1n) is 6.76. The Morgan fingerprint density at radius 1 is 1.09 bits per heavy atom. The molecule has 1 unspecified atom stereocenters. The van der Waals surface area contributed by atoms with Gasteiger partial charge in [0.25, 0.3) is 0 Å². The quantitative estimate of drug-likeness (QED) is 0.473. The minimum atomic E-state index is -0.936. The van der Waals surface area contributed by atoms with Gasteiger partial charge in [-0.2, -0.15) is 0 Å². The molecule has 1 aromatic carbocycles. The summed E-state index contributed by atoms with van der Waals surface area (Å²) in [7, 11) is 1.54. The molecule has 6 nitrogen and oxygen atoms in total. The highest BCUT2D eigenvalue weighted by molar-refractivity contribution is 5.88. The van der Waals surface area contributed by atoms with Gasteiger partial charge in [-0.3, -0.25) is 0 Å². The van der Waals surface area contributed by atoms with Crippen LogP contribution in [0.15, 0.2) is 24.3 Å². The highest BCUT2D eigenvalue weighted by Crippen LogP contribution is 2.20. The molecule has 1 aromatic rings. The number of esters is 1. The molecule has 6 heteroatoms. The second-order valence-corrected chi connectivity index (χ2v) is 3.94. The zero-order valence-corrected chi connectivity index (χ0v) is 12.8. The minimum absolute atomic E-state index is 0.180. The molecule has 0 heterocycles. The Hall–Kier alpha value is -2.68. The first kappa shape index (κ1) is 17.4. The van der Waals surface area contributed by atoms with Gasteiger partial charge in [0.15, 0.2) is 6.10 Å². The van der Waals surface area contributed by atoms with Gasteiger partial charge >= 0.3 is 12.1 Å². The predicted molar refractivity (Wildman–Crippen MR) is 78.3 cm³/mol. The van der Waals surface area contributed by atoms with Crippen LogP contribution in [-0.4, -0.2) is 32.4 Å². The normalized spacial score (nSPS) is 10.7. The number of ether oxygens (including phenoxy) is 4. The smallest absolute Gasteiger partial charge is 0.497 e. The topological polar surface area (TPSA) is 71.1 Å². The van der Waals surface area contributed by atoms with Crippen LogP contribution in [0.3, 0.4) is 0 Å². The van der Waals surface area contributed by atoms with Crippen molar-refractivity contribution in [3.8, 4) is 17.6 Å². The number of rotatable bonds is 5. The van der Waals surface area contributed by atoms with Crippen LogP contribution in [0.4, 0.5) is 4.79 Å². The maximum atomic E-state index is 11.5. The van der Waals surface area contributed by atoms with E-state index in [0.29, 0.717) is 11.3 Å². The van der Waals surface area contributed by atoms with Gasteiger partial charge in [0.1, 0.15) is 5.75 Å². The van der Waals surface area contributed by atoms with Crippen molar-refractivity contribution in [1.29, 1.82) is 0 Å². The van der Waals surface area contributed by atoms with Crippen molar-refractivity contribution in [3.63, 3.8) is 0 Å². The molecule has 0 saturated carbocycles. The Balaban J connectivity index is 2.93. The molecule has 0 amide bonds. The second kappa shape index (κ2) is 9.29. The third-order valence-corrected chi connectivity index (χ3v) is 2.48. The van der Waals surface area contributed by atoms with Crippen LogP contribution >= 0.6 is 0 Å². The minimum Gasteiger partial charge on any atom is -0.497 e. The van der Waals surface area contributed by atoms with Crippen LogP contribution in [0.1, 0.15) is 25.5 Å². The first-order chi connectivity index (χ1) is 10.6. The third-order valence-electron chi connectivity index (χ3n) is 2.48. The lowest BCUT2D eigenvalue weighted by molar-refractivity contribution is -0.136. The summed E-state index contributed by atoms with van der Waals surface area (Å²) in [4.78, 5) is 22.8. The molecule has 0 radical (unpaired) electrons. The highest BCUT2D eigenvalue weighted by Gasteiger charge is 2.15. The SMILES string of the molecule is CCOC(=O)C#CC(OC(=O)OCC)c1ccc(OC)cc1. The summed E-state index contributed by atoms with van der Waals surface area (Å²) in [6, 6.07) is 6.76. The van der Waals surface area contributed by atoms with Crippen LogP contribution in [0.5, 0.6) is 5.75 Å². The molecule has 118 valence electrons. The summed E-state index contributed by atoms with van der Waals surface area (Å²) in [5.41, 5.74) is 0.589. The fourth-order valence-corrected chi connectivity index (χ4v) is 1.50. The zero-order valence-electron chi connectivity index (χ0n) is 12.8. The van der Waals surface area contributed by atoms with E-state index in [9.17, 15) is 9.59 Å². The van der Waals surface area contributed by atoms with E-state index in [-0.39, 0.29) is 13.2 Å². The van der Waals surface area contributed by atoms with Crippen LogP contribution in [0, 0.1) is 11.8 Å². The molecule has 0 aliphatic rings. The zero-order chi connectivity index (χ0) is 16.4. The number of carbonyl (C=O) groups excluding carboxylic acids is 2. The standard InChI is InChI=1S/C16H18O6/c1-4-20-15(17)11-10-14(22-16(18)21-5-2)12-6-8-13(19-3)9-7-12/h6-9,14H,4-5H2,1-3H3. The van der Waals surface area contributed by atoms with Gasteiger partial charge in [-0.15, -0.1) is 0 Å². The number of hydrogen-bond acceptors (Lipinski definition) is 6. The summed E-state index contributed by atoms with van der Waals surface area (Å²) >= 11 is 0. The van der Waals surface area contributed by atoms with Gasteiger partial charge < -0.3 is 18.9 Å². The lowest BCUT2D eigenvalue weighted by atomic mass is 10.1. The molecule has 0 aromatic heterocycles. The van der Waals surface area contributed by atoms with Gasteiger partial charge in [0, 0.05) is 11.5 Å². The second-order valence-electron chi connectivity index (χ2n) is 3.94. The van der Waals surface area contributed by atoms with E-state index in [1.165, 1.54) is 0 Å². The molecule has 1 rings (SSSR count). The van der Waals surface area contributed by atoms with Crippen LogP contribution in [0.2, 0.25) is 0 Å². The molecule has 0 saturated heterocycles. The average Bonchev–Trinajstić information content (AvgIpc) is 2.52. The van der Waals surface area contributed by atoms with Crippen LogP contribution in [-0.2, 0) is 19.0 Å². The van der Waals surface area contributed by atoms with Gasteiger partial charge in [0.2, 0.25) is 0 Å². The predicted octanol–water partition coefficient (Wildman–Crippen LogP) is 2.48. The fraction of sp³-hybridized carbons (Fsp3) is 0.375. The summed E-state index contributed by atoms with van der Waals surface area (Å²) in [6.07, 6.45) is -1.80. The lowest BCUT2D eigenvalue weighted by Gasteiger charge is -2.12. The van der Waals surface area contributed by atoms with Crippen molar-refractivity contribution in [1.82, 2.24) is 0 Å². The molecule has 22 heavy (non-hydrogen) atoms. The van der Waals surface area contributed by atoms with Crippen molar-refractivity contribution in [2.24, 2.45) is 0 Å². The van der Waals surface area contributed by atoms with Crippen molar-refractivity contribution < 1.29 is 28.5 Å². The summed E-state index contributed by atoms with van der Waals surface area (Å²) in [5, 5.41) is 0. The third kappa shape index (κ3) is 5.75. The van der Waals surface area contributed by atoms with Gasteiger partial charge in [0.05, 0.1) is 20.3 Å².